The molecule has 1 amide bonds. The number of nitrogens with one attached hydrogen (secondary N) is 1. The molecule has 0 aromatic heterocycles. The van der Waals surface area contributed by atoms with Crippen molar-refractivity contribution < 1.29 is 14.7 Å². The zero-order valence-electron chi connectivity index (χ0n) is 13.3. The summed E-state index contributed by atoms with van der Waals surface area (Å²) in [5, 5.41) is 14.6. The van der Waals surface area contributed by atoms with E-state index in [0.29, 0.717) is 0 Å². The average molecular weight is 310 g/mol. The van der Waals surface area contributed by atoms with E-state index in [1.807, 2.05) is 38.1 Å². The van der Waals surface area contributed by atoms with Gasteiger partial charge in [-0.05, 0) is 67.2 Å². The first-order valence-corrected chi connectivity index (χ1v) is 8.21. The molecule has 1 spiro atoms. The molecule has 23 heavy (non-hydrogen) atoms. The minimum Gasteiger partial charge on any atom is -0.550 e. The van der Waals surface area contributed by atoms with Gasteiger partial charge in [0.15, 0.2) is 0 Å². The number of amides is 1. The highest BCUT2D eigenvalue weighted by atomic mass is 16.4. The van der Waals surface area contributed by atoms with Gasteiger partial charge in [0.2, 0.25) is 5.91 Å². The molecule has 0 radical (unpaired) electrons. The number of carboxylic acid groups (broad SMARTS) is 1. The summed E-state index contributed by atoms with van der Waals surface area (Å²) in [7, 11) is 0. The number of aryl methyl sites for hydroxylation is 2. The number of aliphatic carboxylic acids is 1. The first-order chi connectivity index (χ1) is 10.9. The van der Waals surface area contributed by atoms with Crippen LogP contribution in [0.3, 0.4) is 0 Å². The average Bonchev–Trinajstić information content (AvgIpc) is 3.16. The quantitative estimate of drug-likeness (QED) is 0.866. The molecule has 0 saturated heterocycles. The molecular formula is C19H20NO3-. The molecule has 2 saturated carbocycles. The van der Waals surface area contributed by atoms with Gasteiger partial charge in [0.25, 0.3) is 0 Å². The fraction of sp³-hybridized carbons (Fsp3) is 0.474. The lowest BCUT2D eigenvalue weighted by Gasteiger charge is -2.27. The van der Waals surface area contributed by atoms with E-state index in [2.05, 4.69) is 11.4 Å². The maximum absolute atomic E-state index is 12.8. The van der Waals surface area contributed by atoms with Crippen molar-refractivity contribution >= 4 is 17.6 Å². The maximum atomic E-state index is 12.8. The van der Waals surface area contributed by atoms with Crippen molar-refractivity contribution in [3.63, 3.8) is 0 Å². The molecular weight excluding hydrogens is 290 g/mol. The Bertz CT molecular complexity index is 732. The van der Waals surface area contributed by atoms with Gasteiger partial charge in [-0.3, -0.25) is 4.79 Å². The van der Waals surface area contributed by atoms with Gasteiger partial charge in [-0.25, -0.2) is 0 Å². The minimum absolute atomic E-state index is 0.0237. The number of benzene rings is 1. The number of hydrogen-bond donors (Lipinski definition) is 1. The van der Waals surface area contributed by atoms with Crippen LogP contribution >= 0.6 is 0 Å². The Labute approximate surface area is 135 Å². The molecule has 120 valence electrons. The van der Waals surface area contributed by atoms with Crippen LogP contribution in [0.4, 0.5) is 5.69 Å². The van der Waals surface area contributed by atoms with Crippen LogP contribution in [-0.4, -0.2) is 11.9 Å². The molecule has 3 aliphatic rings. The van der Waals surface area contributed by atoms with Crippen LogP contribution in [0.5, 0.6) is 0 Å². The van der Waals surface area contributed by atoms with Gasteiger partial charge < -0.3 is 15.2 Å². The van der Waals surface area contributed by atoms with Crippen LogP contribution in [0, 0.1) is 42.9 Å². The lowest BCUT2D eigenvalue weighted by molar-refractivity contribution is -0.313. The van der Waals surface area contributed by atoms with Crippen molar-refractivity contribution in [2.24, 2.45) is 29.1 Å². The summed E-state index contributed by atoms with van der Waals surface area (Å²) in [6.07, 6.45) is 6.10. The van der Waals surface area contributed by atoms with E-state index in [1.165, 1.54) is 0 Å². The van der Waals surface area contributed by atoms with E-state index in [4.69, 9.17) is 0 Å². The van der Waals surface area contributed by atoms with Gasteiger partial charge in [0, 0.05) is 17.6 Å². The number of carbonyl (C=O) groups excluding carboxylic acids is 2. The van der Waals surface area contributed by atoms with Crippen molar-refractivity contribution in [3.8, 4) is 0 Å². The first-order valence-electron chi connectivity index (χ1n) is 8.21. The van der Waals surface area contributed by atoms with Gasteiger partial charge in [0.1, 0.15) is 0 Å². The molecule has 2 bridgehead atoms. The normalized spacial score (nSPS) is 32.3. The van der Waals surface area contributed by atoms with Gasteiger partial charge in [0.05, 0.1) is 5.92 Å². The standard InChI is InChI=1S/C19H21NO3/c1-10-3-4-12(9-11(10)2)20-17(21)15-13-5-6-14(16(15)18(22)23)19(13)7-8-19/h3-6,9,13-16H,7-8H2,1-2H3,(H,20,21)(H,22,23)/p-1/t13-,14+,15+,16+/m1/s1. The minimum atomic E-state index is -1.09. The van der Waals surface area contributed by atoms with E-state index in [0.717, 1.165) is 29.7 Å². The molecule has 3 aliphatic carbocycles. The van der Waals surface area contributed by atoms with Crippen LogP contribution < -0.4 is 10.4 Å². The largest absolute Gasteiger partial charge is 0.550 e. The zero-order chi connectivity index (χ0) is 16.4. The molecule has 4 atom stereocenters. The number of anilines is 1. The second kappa shape index (κ2) is 4.70. The van der Waals surface area contributed by atoms with Crippen LogP contribution in [0.1, 0.15) is 24.0 Å². The van der Waals surface area contributed by atoms with Crippen LogP contribution in [0.15, 0.2) is 30.4 Å². The Morgan fingerprint density at radius 3 is 2.30 bits per heavy atom. The zero-order valence-corrected chi connectivity index (χ0v) is 13.3. The van der Waals surface area contributed by atoms with Crippen LogP contribution in [0.25, 0.3) is 0 Å². The molecule has 1 N–H and O–H groups in total. The van der Waals surface area contributed by atoms with E-state index in [-0.39, 0.29) is 23.2 Å². The number of carbonyl (C=O) groups is 2. The predicted molar refractivity (Wildman–Crippen MR) is 84.3 cm³/mol. The Morgan fingerprint density at radius 2 is 1.74 bits per heavy atom. The SMILES string of the molecule is Cc1ccc(NC(=O)[C@@H]2[C@@H](C(=O)[O-])[C@@H]3C=C[C@H]2C32CC2)cc1C. The highest BCUT2D eigenvalue weighted by molar-refractivity contribution is 5.96. The fourth-order valence-corrected chi connectivity index (χ4v) is 4.72. The molecule has 4 rings (SSSR count). The topological polar surface area (TPSA) is 69.2 Å². The highest BCUT2D eigenvalue weighted by Gasteiger charge is 2.68. The Balaban J connectivity index is 1.61. The van der Waals surface area contributed by atoms with Crippen molar-refractivity contribution in [3.05, 3.63) is 41.5 Å². The van der Waals surface area contributed by atoms with E-state index in [1.54, 1.807) is 0 Å². The number of hydrogen-bond acceptors (Lipinski definition) is 3. The number of rotatable bonds is 3. The lowest BCUT2D eigenvalue weighted by atomic mass is 9.82. The molecule has 4 heteroatoms. The number of allylic oxidation sites excluding steroid dienone is 2. The molecule has 0 unspecified atom stereocenters. The fourth-order valence-electron chi connectivity index (χ4n) is 4.72. The van der Waals surface area contributed by atoms with Crippen LogP contribution in [0.2, 0.25) is 0 Å². The first kappa shape index (κ1) is 14.5. The summed E-state index contributed by atoms with van der Waals surface area (Å²) in [4.78, 5) is 24.4. The Morgan fingerprint density at radius 1 is 1.09 bits per heavy atom. The van der Waals surface area contributed by atoms with Crippen molar-refractivity contribution in [1.29, 1.82) is 0 Å². The van der Waals surface area contributed by atoms with E-state index in [9.17, 15) is 14.7 Å². The van der Waals surface area contributed by atoms with Gasteiger partial charge in [-0.15, -0.1) is 0 Å². The summed E-state index contributed by atoms with van der Waals surface area (Å²) in [6, 6.07) is 5.76. The molecule has 0 heterocycles. The lowest BCUT2D eigenvalue weighted by Crippen LogP contribution is -2.42. The maximum Gasteiger partial charge on any atom is 0.228 e. The van der Waals surface area contributed by atoms with Gasteiger partial charge >= 0.3 is 0 Å². The molecule has 1 aromatic rings. The molecule has 4 nitrogen and oxygen atoms in total. The third-order valence-electron chi connectivity index (χ3n) is 6.19. The second-order valence-corrected chi connectivity index (χ2v) is 7.33. The predicted octanol–water partition coefficient (Wildman–Crippen LogP) is 1.82. The molecule has 1 aromatic carbocycles. The van der Waals surface area contributed by atoms with Gasteiger partial charge in [-0.2, -0.15) is 0 Å². The highest BCUT2D eigenvalue weighted by Crippen LogP contribution is 2.71. The van der Waals surface area contributed by atoms with Crippen molar-refractivity contribution in [2.45, 2.75) is 26.7 Å². The monoisotopic (exact) mass is 310 g/mol. The van der Waals surface area contributed by atoms with Gasteiger partial charge in [-0.1, -0.05) is 18.2 Å². The summed E-state index contributed by atoms with van der Waals surface area (Å²) in [5.74, 6) is -2.48. The summed E-state index contributed by atoms with van der Waals surface area (Å²) in [6.45, 7) is 4.01. The second-order valence-electron chi connectivity index (χ2n) is 7.33. The van der Waals surface area contributed by atoms with Crippen molar-refractivity contribution in [1.82, 2.24) is 0 Å². The third kappa shape index (κ3) is 1.97. The number of carboxylic acids is 1. The van der Waals surface area contributed by atoms with E-state index >= 15 is 0 Å². The Kier molecular flexibility index (Phi) is 2.96. The Hall–Kier alpha value is -2.10. The molecule has 2 fully saturated rings. The van der Waals surface area contributed by atoms with Crippen molar-refractivity contribution in [2.75, 3.05) is 5.32 Å². The molecule has 0 aliphatic heterocycles. The smallest absolute Gasteiger partial charge is 0.228 e. The van der Waals surface area contributed by atoms with E-state index < -0.39 is 17.8 Å². The summed E-state index contributed by atoms with van der Waals surface area (Å²) < 4.78 is 0. The third-order valence-corrected chi connectivity index (χ3v) is 6.19. The summed E-state index contributed by atoms with van der Waals surface area (Å²) >= 11 is 0. The van der Waals surface area contributed by atoms with Crippen LogP contribution in [-0.2, 0) is 9.59 Å². The summed E-state index contributed by atoms with van der Waals surface area (Å²) in [5.41, 5.74) is 3.02.